The number of nitrogens with one attached hydrogen (secondary N) is 2. The van der Waals surface area contributed by atoms with Crippen molar-refractivity contribution < 1.29 is 4.74 Å². The Balaban J connectivity index is 1.88. The molecule has 0 bridgehead atoms. The average Bonchev–Trinajstić information content (AvgIpc) is 2.92. The van der Waals surface area contributed by atoms with Crippen LogP contribution in [0.4, 0.5) is 5.69 Å². The molecule has 0 spiro atoms. The highest BCUT2D eigenvalue weighted by molar-refractivity contribution is 9.10. The number of aryl methyl sites for hydroxylation is 2. The molecule has 26 heavy (non-hydrogen) atoms. The summed E-state index contributed by atoms with van der Waals surface area (Å²) in [6.45, 7) is 3.82. The van der Waals surface area contributed by atoms with Gasteiger partial charge in [-0.1, -0.05) is 28.1 Å². The smallest absolute Gasteiger partial charge is 0.280 e. The highest BCUT2D eigenvalue weighted by Gasteiger charge is 2.11. The summed E-state index contributed by atoms with van der Waals surface area (Å²) in [5, 5.41) is 7.28. The number of hydrogen-bond acceptors (Lipinski definition) is 4. The number of aromatic amines is 1. The Kier molecular flexibility index (Phi) is 5.27. The van der Waals surface area contributed by atoms with Crippen molar-refractivity contribution in [1.82, 2.24) is 9.78 Å². The van der Waals surface area contributed by atoms with Crippen molar-refractivity contribution in [3.63, 3.8) is 0 Å². The second kappa shape index (κ2) is 7.61. The molecule has 0 saturated carbocycles. The van der Waals surface area contributed by atoms with Crippen LogP contribution in [0.15, 0.2) is 56.8 Å². The summed E-state index contributed by atoms with van der Waals surface area (Å²) in [5.74, 6) is 0.679. The average molecular weight is 415 g/mol. The number of hydrogen-bond donors (Lipinski definition) is 2. The normalized spacial score (nSPS) is 11.1. The van der Waals surface area contributed by atoms with E-state index in [4.69, 9.17) is 4.74 Å². The van der Waals surface area contributed by atoms with Crippen LogP contribution in [-0.4, -0.2) is 23.1 Å². The van der Waals surface area contributed by atoms with E-state index in [1.807, 2.05) is 56.3 Å². The second-order valence-electron chi connectivity index (χ2n) is 5.79. The predicted octanol–water partition coefficient (Wildman–Crippen LogP) is 4.00. The van der Waals surface area contributed by atoms with Gasteiger partial charge in [0.05, 0.1) is 30.3 Å². The predicted molar refractivity (Wildman–Crippen MR) is 108 cm³/mol. The first-order chi connectivity index (χ1) is 12.5. The lowest BCUT2D eigenvalue weighted by Gasteiger charge is -2.06. The van der Waals surface area contributed by atoms with E-state index in [9.17, 15) is 4.79 Å². The molecule has 1 aromatic heterocycles. The number of methoxy groups -OCH3 is 1. The molecule has 3 aromatic rings. The first-order valence-corrected chi connectivity index (χ1v) is 8.81. The van der Waals surface area contributed by atoms with Crippen molar-refractivity contribution in [2.45, 2.75) is 13.8 Å². The lowest BCUT2D eigenvalue weighted by molar-refractivity contribution is 0.416. The minimum atomic E-state index is -0.158. The molecule has 0 radical (unpaired) electrons. The third-order valence-electron chi connectivity index (χ3n) is 4.00. The SMILES string of the molecule is COc1ccccc1NN=Cc1c(C)[nH]n(-c2ccc(Br)c(C)c2)c1=O. The third kappa shape index (κ3) is 3.57. The minimum Gasteiger partial charge on any atom is -0.495 e. The fourth-order valence-corrected chi connectivity index (χ4v) is 2.81. The maximum atomic E-state index is 12.7. The van der Waals surface area contributed by atoms with E-state index in [1.165, 1.54) is 10.9 Å². The van der Waals surface area contributed by atoms with E-state index in [-0.39, 0.29) is 5.56 Å². The Hall–Kier alpha value is -2.80. The number of rotatable bonds is 5. The number of hydrazone groups is 1. The molecule has 0 aliphatic heterocycles. The maximum absolute atomic E-state index is 12.7. The number of anilines is 1. The van der Waals surface area contributed by atoms with Gasteiger partial charge in [-0.25, -0.2) is 4.68 Å². The number of para-hydroxylation sites is 2. The van der Waals surface area contributed by atoms with Gasteiger partial charge < -0.3 is 4.74 Å². The molecule has 134 valence electrons. The van der Waals surface area contributed by atoms with Crippen LogP contribution < -0.4 is 15.7 Å². The number of ether oxygens (including phenoxy) is 1. The highest BCUT2D eigenvalue weighted by Crippen LogP contribution is 2.23. The molecular formula is C19H19BrN4O2. The molecule has 1 heterocycles. The summed E-state index contributed by atoms with van der Waals surface area (Å²) in [7, 11) is 1.60. The van der Waals surface area contributed by atoms with Crippen LogP contribution >= 0.6 is 15.9 Å². The van der Waals surface area contributed by atoms with Gasteiger partial charge in [-0.2, -0.15) is 5.10 Å². The Morgan fingerprint density at radius 1 is 1.23 bits per heavy atom. The summed E-state index contributed by atoms with van der Waals surface area (Å²) < 4.78 is 7.78. The fourth-order valence-electron chi connectivity index (χ4n) is 2.56. The van der Waals surface area contributed by atoms with Gasteiger partial charge in [0.25, 0.3) is 5.56 Å². The van der Waals surface area contributed by atoms with Crippen molar-refractivity contribution in [3.8, 4) is 11.4 Å². The number of benzene rings is 2. The maximum Gasteiger partial charge on any atom is 0.280 e. The first kappa shape index (κ1) is 18.0. The van der Waals surface area contributed by atoms with Crippen LogP contribution in [0, 0.1) is 13.8 Å². The zero-order chi connectivity index (χ0) is 18.7. The van der Waals surface area contributed by atoms with Crippen LogP contribution in [0.1, 0.15) is 16.8 Å². The molecule has 2 N–H and O–H groups in total. The standard InChI is InChI=1S/C19H19BrN4O2/c1-12-10-14(8-9-16(12)20)24-19(25)15(13(2)23-24)11-21-22-17-6-4-5-7-18(17)26-3/h4-11,22-23H,1-3H3. The first-order valence-electron chi connectivity index (χ1n) is 8.01. The molecule has 0 aliphatic rings. The molecule has 3 rings (SSSR count). The van der Waals surface area contributed by atoms with Crippen LogP contribution in [0.25, 0.3) is 5.69 Å². The Morgan fingerprint density at radius 3 is 2.73 bits per heavy atom. The number of nitrogens with zero attached hydrogens (tertiary/aromatic N) is 2. The van der Waals surface area contributed by atoms with Gasteiger partial charge in [0.15, 0.2) is 0 Å². The molecule has 0 amide bonds. The molecule has 0 unspecified atom stereocenters. The van der Waals surface area contributed by atoms with Gasteiger partial charge >= 0.3 is 0 Å². The van der Waals surface area contributed by atoms with Crippen molar-refractivity contribution in [1.29, 1.82) is 0 Å². The van der Waals surface area contributed by atoms with Crippen LogP contribution in [-0.2, 0) is 0 Å². The summed E-state index contributed by atoms with van der Waals surface area (Å²) in [6.07, 6.45) is 1.52. The van der Waals surface area contributed by atoms with Crippen molar-refractivity contribution in [2.75, 3.05) is 12.5 Å². The molecule has 0 aliphatic carbocycles. The van der Waals surface area contributed by atoms with Gasteiger partial charge in [0.1, 0.15) is 5.75 Å². The van der Waals surface area contributed by atoms with Gasteiger partial charge in [-0.15, -0.1) is 0 Å². The van der Waals surface area contributed by atoms with Gasteiger partial charge in [0.2, 0.25) is 0 Å². The van der Waals surface area contributed by atoms with Gasteiger partial charge in [0, 0.05) is 10.2 Å². The van der Waals surface area contributed by atoms with Crippen molar-refractivity contribution in [3.05, 3.63) is 74.1 Å². The van der Waals surface area contributed by atoms with E-state index >= 15 is 0 Å². The highest BCUT2D eigenvalue weighted by atomic mass is 79.9. The Labute approximate surface area is 159 Å². The topological polar surface area (TPSA) is 71.4 Å². The summed E-state index contributed by atoms with van der Waals surface area (Å²) >= 11 is 3.47. The number of halogens is 1. The monoisotopic (exact) mass is 414 g/mol. The van der Waals surface area contributed by atoms with E-state index in [2.05, 4.69) is 31.6 Å². The molecule has 0 fully saturated rings. The molecule has 0 saturated heterocycles. The summed E-state index contributed by atoms with van der Waals surface area (Å²) in [6, 6.07) is 13.2. The Morgan fingerprint density at radius 2 is 2.00 bits per heavy atom. The van der Waals surface area contributed by atoms with Gasteiger partial charge in [-0.05, 0) is 49.7 Å². The lowest BCUT2D eigenvalue weighted by Crippen LogP contribution is -2.17. The van der Waals surface area contributed by atoms with E-state index in [0.29, 0.717) is 11.3 Å². The fraction of sp³-hybridized carbons (Fsp3) is 0.158. The zero-order valence-electron chi connectivity index (χ0n) is 14.7. The minimum absolute atomic E-state index is 0.158. The zero-order valence-corrected chi connectivity index (χ0v) is 16.3. The Bertz CT molecular complexity index is 1020. The quantitative estimate of drug-likeness (QED) is 0.489. The van der Waals surface area contributed by atoms with Crippen LogP contribution in [0.2, 0.25) is 0 Å². The molecule has 7 heteroatoms. The third-order valence-corrected chi connectivity index (χ3v) is 4.89. The lowest BCUT2D eigenvalue weighted by atomic mass is 10.2. The number of aromatic nitrogens is 2. The van der Waals surface area contributed by atoms with Crippen LogP contribution in [0.5, 0.6) is 5.75 Å². The van der Waals surface area contributed by atoms with E-state index in [1.54, 1.807) is 7.11 Å². The molecule has 0 atom stereocenters. The largest absolute Gasteiger partial charge is 0.495 e. The summed E-state index contributed by atoms with van der Waals surface area (Å²) in [5.41, 5.74) is 6.53. The molecular weight excluding hydrogens is 396 g/mol. The summed E-state index contributed by atoms with van der Waals surface area (Å²) in [4.78, 5) is 12.7. The van der Waals surface area contributed by atoms with Crippen molar-refractivity contribution in [2.24, 2.45) is 5.10 Å². The van der Waals surface area contributed by atoms with E-state index < -0.39 is 0 Å². The molecule has 2 aromatic carbocycles. The van der Waals surface area contributed by atoms with E-state index in [0.717, 1.165) is 27.1 Å². The van der Waals surface area contributed by atoms with Gasteiger partial charge in [-0.3, -0.25) is 15.3 Å². The molecule has 6 nitrogen and oxygen atoms in total. The second-order valence-corrected chi connectivity index (χ2v) is 6.65. The van der Waals surface area contributed by atoms with Crippen molar-refractivity contribution >= 4 is 27.8 Å². The van der Waals surface area contributed by atoms with Crippen LogP contribution in [0.3, 0.4) is 0 Å². The number of H-pyrrole nitrogens is 1.